The quantitative estimate of drug-likeness (QED) is 0.575. The summed E-state index contributed by atoms with van der Waals surface area (Å²) in [6.45, 7) is 9.99. The van der Waals surface area contributed by atoms with Crippen LogP contribution in [0.25, 0.3) is 11.5 Å². The first kappa shape index (κ1) is 23.0. The molecule has 32 heavy (non-hydrogen) atoms. The molecule has 0 saturated heterocycles. The van der Waals surface area contributed by atoms with Gasteiger partial charge in [0.25, 0.3) is 17.4 Å². The number of hydrogen-bond acceptors (Lipinski definition) is 7. The van der Waals surface area contributed by atoms with Gasteiger partial charge in [-0.2, -0.15) is 4.98 Å². The third-order valence-corrected chi connectivity index (χ3v) is 4.73. The van der Waals surface area contributed by atoms with E-state index in [-0.39, 0.29) is 29.9 Å². The van der Waals surface area contributed by atoms with Crippen LogP contribution in [0, 0.1) is 18.8 Å². The van der Waals surface area contributed by atoms with Crippen molar-refractivity contribution >= 4 is 17.4 Å². The Kier molecular flexibility index (Phi) is 6.61. The van der Waals surface area contributed by atoms with Gasteiger partial charge in [-0.05, 0) is 43.0 Å². The van der Waals surface area contributed by atoms with Crippen LogP contribution in [0.15, 0.2) is 38.4 Å². The maximum Gasteiger partial charge on any atom is 0.330 e. The highest BCUT2D eigenvalue weighted by Gasteiger charge is 2.26. The number of carbonyl (C=O) groups excluding carboxylic acids is 1. The lowest BCUT2D eigenvalue weighted by atomic mass is 10.1. The van der Waals surface area contributed by atoms with E-state index in [0.29, 0.717) is 29.4 Å². The maximum absolute atomic E-state index is 13.4. The Bertz CT molecular complexity index is 1220. The molecular formula is C22H28N6O4. The standard InChI is InChI=1S/C22H28N6O4/c1-12(2)10-27(17-18(23)28(11-13(3)4)22(31)25-19(17)29)21(30)16-8-6-15(7-9-16)20-24-14(5)26-32-20/h6-9,12-13H,10-11,23H2,1-5H3,(H,25,29,31). The Labute approximate surface area is 185 Å². The molecule has 10 heteroatoms. The van der Waals surface area contributed by atoms with Crippen LogP contribution in [0.2, 0.25) is 0 Å². The largest absolute Gasteiger partial charge is 0.383 e. The van der Waals surface area contributed by atoms with Crippen molar-refractivity contribution in [1.82, 2.24) is 19.7 Å². The van der Waals surface area contributed by atoms with Crippen LogP contribution in [0.4, 0.5) is 11.5 Å². The molecule has 0 fully saturated rings. The van der Waals surface area contributed by atoms with Gasteiger partial charge in [-0.15, -0.1) is 0 Å². The van der Waals surface area contributed by atoms with Crippen molar-refractivity contribution in [2.24, 2.45) is 11.8 Å². The summed E-state index contributed by atoms with van der Waals surface area (Å²) in [5.41, 5.74) is 5.95. The van der Waals surface area contributed by atoms with E-state index in [4.69, 9.17) is 10.3 Å². The van der Waals surface area contributed by atoms with Crippen molar-refractivity contribution in [1.29, 1.82) is 0 Å². The second kappa shape index (κ2) is 9.21. The van der Waals surface area contributed by atoms with Gasteiger partial charge in [0.2, 0.25) is 0 Å². The predicted molar refractivity (Wildman–Crippen MR) is 122 cm³/mol. The molecule has 2 aromatic heterocycles. The predicted octanol–water partition coefficient (Wildman–Crippen LogP) is 2.44. The molecule has 2 heterocycles. The fraction of sp³-hybridized carbons (Fsp3) is 0.409. The number of H-pyrrole nitrogens is 1. The molecular weight excluding hydrogens is 412 g/mol. The molecule has 0 aliphatic carbocycles. The summed E-state index contributed by atoms with van der Waals surface area (Å²) in [5, 5.41) is 3.76. The number of hydrogen-bond donors (Lipinski definition) is 2. The van der Waals surface area contributed by atoms with Gasteiger partial charge < -0.3 is 15.2 Å². The summed E-state index contributed by atoms with van der Waals surface area (Å²) in [6.07, 6.45) is 0. The minimum absolute atomic E-state index is 0.0273. The number of carbonyl (C=O) groups is 1. The molecule has 1 amide bonds. The Morgan fingerprint density at radius 2 is 1.81 bits per heavy atom. The van der Waals surface area contributed by atoms with Gasteiger partial charge in [0, 0.05) is 24.2 Å². The molecule has 10 nitrogen and oxygen atoms in total. The number of nitrogens with two attached hydrogens (primary N) is 1. The van der Waals surface area contributed by atoms with Crippen LogP contribution in [-0.2, 0) is 6.54 Å². The fourth-order valence-electron chi connectivity index (χ4n) is 3.35. The summed E-state index contributed by atoms with van der Waals surface area (Å²) < 4.78 is 6.45. The van der Waals surface area contributed by atoms with Crippen LogP contribution in [-0.4, -0.2) is 32.1 Å². The molecule has 3 aromatic rings. The number of aromatic amines is 1. The Balaban J connectivity index is 2.04. The molecule has 0 spiro atoms. The van der Waals surface area contributed by atoms with E-state index in [2.05, 4.69) is 15.1 Å². The Hall–Kier alpha value is -3.69. The third kappa shape index (κ3) is 4.79. The van der Waals surface area contributed by atoms with Gasteiger partial charge >= 0.3 is 5.69 Å². The summed E-state index contributed by atoms with van der Waals surface area (Å²) in [7, 11) is 0. The number of benzene rings is 1. The molecule has 0 bridgehead atoms. The summed E-state index contributed by atoms with van der Waals surface area (Å²) in [6, 6.07) is 6.64. The van der Waals surface area contributed by atoms with Gasteiger partial charge in [0.05, 0.1) is 0 Å². The second-order valence-corrected chi connectivity index (χ2v) is 8.53. The van der Waals surface area contributed by atoms with Gasteiger partial charge in [0.15, 0.2) is 11.5 Å². The third-order valence-electron chi connectivity index (χ3n) is 4.73. The van der Waals surface area contributed by atoms with Gasteiger partial charge in [-0.1, -0.05) is 32.9 Å². The molecule has 0 unspecified atom stereocenters. The van der Waals surface area contributed by atoms with Gasteiger partial charge in [-0.3, -0.25) is 19.1 Å². The Morgan fingerprint density at radius 1 is 1.16 bits per heavy atom. The van der Waals surface area contributed by atoms with Crippen LogP contribution >= 0.6 is 0 Å². The number of anilines is 2. The second-order valence-electron chi connectivity index (χ2n) is 8.53. The molecule has 170 valence electrons. The van der Waals surface area contributed by atoms with Crippen molar-refractivity contribution in [3.63, 3.8) is 0 Å². The molecule has 0 aliphatic rings. The fourth-order valence-corrected chi connectivity index (χ4v) is 3.35. The lowest BCUT2D eigenvalue weighted by Crippen LogP contribution is -2.43. The molecule has 1 aromatic carbocycles. The molecule has 3 N–H and O–H groups in total. The Morgan fingerprint density at radius 3 is 2.34 bits per heavy atom. The number of nitrogen functional groups attached to an aromatic ring is 1. The summed E-state index contributed by atoms with van der Waals surface area (Å²) >= 11 is 0. The highest BCUT2D eigenvalue weighted by Crippen LogP contribution is 2.23. The van der Waals surface area contributed by atoms with E-state index in [1.807, 2.05) is 27.7 Å². The molecule has 0 radical (unpaired) electrons. The number of aromatic nitrogens is 4. The topological polar surface area (TPSA) is 140 Å². The van der Waals surface area contributed by atoms with Crippen molar-refractivity contribution in [3.8, 4) is 11.5 Å². The van der Waals surface area contributed by atoms with Crippen LogP contribution < -0.4 is 21.9 Å². The van der Waals surface area contributed by atoms with E-state index < -0.39 is 17.2 Å². The monoisotopic (exact) mass is 440 g/mol. The van der Waals surface area contributed by atoms with E-state index >= 15 is 0 Å². The SMILES string of the molecule is Cc1noc(-c2ccc(C(=O)N(CC(C)C)c3c(N)n(CC(C)C)c(=O)[nH]c3=O)cc2)n1. The average molecular weight is 441 g/mol. The zero-order chi connectivity index (χ0) is 23.6. The number of nitrogens with one attached hydrogen (secondary N) is 1. The van der Waals surface area contributed by atoms with Crippen molar-refractivity contribution in [2.75, 3.05) is 17.2 Å². The van der Waals surface area contributed by atoms with E-state index in [9.17, 15) is 14.4 Å². The zero-order valence-electron chi connectivity index (χ0n) is 18.9. The minimum atomic E-state index is -0.695. The molecule has 3 rings (SSSR count). The zero-order valence-corrected chi connectivity index (χ0v) is 18.9. The number of nitrogens with zero attached hydrogens (tertiary/aromatic N) is 4. The smallest absolute Gasteiger partial charge is 0.330 e. The highest BCUT2D eigenvalue weighted by molar-refractivity contribution is 6.07. The summed E-state index contributed by atoms with van der Waals surface area (Å²) in [4.78, 5) is 46.3. The van der Waals surface area contributed by atoms with Gasteiger partial charge in [-0.25, -0.2) is 4.79 Å². The number of amides is 1. The summed E-state index contributed by atoms with van der Waals surface area (Å²) in [5.74, 6) is 0.586. The van der Waals surface area contributed by atoms with Crippen LogP contribution in [0.5, 0.6) is 0 Å². The highest BCUT2D eigenvalue weighted by atomic mass is 16.5. The van der Waals surface area contributed by atoms with Crippen molar-refractivity contribution in [2.45, 2.75) is 41.2 Å². The van der Waals surface area contributed by atoms with E-state index in [1.54, 1.807) is 31.2 Å². The molecule has 0 aliphatic heterocycles. The van der Waals surface area contributed by atoms with Crippen molar-refractivity contribution < 1.29 is 9.32 Å². The lowest BCUT2D eigenvalue weighted by molar-refractivity contribution is 0.0983. The van der Waals surface area contributed by atoms with E-state index in [1.165, 1.54) is 9.47 Å². The van der Waals surface area contributed by atoms with Crippen molar-refractivity contribution in [3.05, 3.63) is 56.5 Å². The normalized spacial score (nSPS) is 11.3. The van der Waals surface area contributed by atoms with Crippen LogP contribution in [0.3, 0.4) is 0 Å². The first-order chi connectivity index (χ1) is 15.1. The van der Waals surface area contributed by atoms with E-state index in [0.717, 1.165) is 0 Å². The number of rotatable bonds is 7. The molecule has 0 atom stereocenters. The van der Waals surface area contributed by atoms with Gasteiger partial charge in [0.1, 0.15) is 5.82 Å². The number of aryl methyl sites for hydroxylation is 1. The molecule has 0 saturated carbocycles. The lowest BCUT2D eigenvalue weighted by Gasteiger charge is -2.26. The maximum atomic E-state index is 13.4. The van der Waals surface area contributed by atoms with Crippen LogP contribution in [0.1, 0.15) is 43.9 Å². The first-order valence-corrected chi connectivity index (χ1v) is 10.4. The average Bonchev–Trinajstić information content (AvgIpc) is 3.15. The first-order valence-electron chi connectivity index (χ1n) is 10.4. The minimum Gasteiger partial charge on any atom is -0.383 e.